The van der Waals surface area contributed by atoms with E-state index in [0.29, 0.717) is 72.2 Å². The minimum absolute atomic E-state index is 0.0233. The predicted octanol–water partition coefficient (Wildman–Crippen LogP) is -0.156. The lowest BCUT2D eigenvalue weighted by Gasteiger charge is -2.29. The highest BCUT2D eigenvalue weighted by molar-refractivity contribution is 8.76. The van der Waals surface area contributed by atoms with Crippen molar-refractivity contribution >= 4 is 80.4 Å². The Morgan fingerprint density at radius 3 is 1.82 bits per heavy atom. The van der Waals surface area contributed by atoms with Crippen LogP contribution in [-0.4, -0.2) is 179 Å². The smallest absolute Gasteiger partial charge is 0.245 e. The average Bonchev–Trinajstić information content (AvgIpc) is 3.67. The number of primary amides is 1. The van der Waals surface area contributed by atoms with Crippen LogP contribution >= 0.6 is 33.2 Å². The van der Waals surface area contributed by atoms with E-state index in [2.05, 4.69) is 42.1 Å². The molecule has 2 unspecified atom stereocenters. The number of hydrogen-bond donors (Lipinski definition) is 13. The van der Waals surface area contributed by atoms with Gasteiger partial charge in [0.05, 0.1) is 25.4 Å². The monoisotopic (exact) mass is 1230 g/mol. The van der Waals surface area contributed by atoms with Gasteiger partial charge >= 0.3 is 0 Å². The molecule has 0 aromatic heterocycles. The van der Waals surface area contributed by atoms with E-state index in [4.69, 9.17) is 38.3 Å². The van der Waals surface area contributed by atoms with Gasteiger partial charge < -0.3 is 79.2 Å². The van der Waals surface area contributed by atoms with E-state index in [1.807, 2.05) is 0 Å². The average molecular weight is 1230 g/mol. The van der Waals surface area contributed by atoms with Gasteiger partial charge in [-0.1, -0.05) is 81.7 Å². The maximum absolute atomic E-state index is 14.9. The van der Waals surface area contributed by atoms with Crippen LogP contribution in [0.4, 0.5) is 0 Å². The van der Waals surface area contributed by atoms with Crippen molar-refractivity contribution in [2.24, 2.45) is 17.2 Å². The van der Waals surface area contributed by atoms with E-state index >= 15 is 0 Å². The maximum atomic E-state index is 14.9. The largest absolute Gasteiger partial charge is 0.508 e. The van der Waals surface area contributed by atoms with Crippen molar-refractivity contribution in [3.8, 4) is 17.2 Å². The Bertz CT molecular complexity index is 2860. The van der Waals surface area contributed by atoms with Crippen molar-refractivity contribution in [2.75, 3.05) is 57.5 Å². The van der Waals surface area contributed by atoms with E-state index in [0.717, 1.165) is 34.7 Å². The quantitative estimate of drug-likeness (QED) is 0.0359. The van der Waals surface area contributed by atoms with Gasteiger partial charge in [0.25, 0.3) is 0 Å². The first-order valence-electron chi connectivity index (χ1n) is 27.9. The lowest BCUT2D eigenvalue weighted by Crippen LogP contribution is -2.62. The molecule has 2 heterocycles. The van der Waals surface area contributed by atoms with Crippen molar-refractivity contribution in [2.45, 2.75) is 106 Å². The van der Waals surface area contributed by atoms with Crippen LogP contribution in [-0.2, 0) is 68.8 Å². The number of rotatable bonds is 22. The Morgan fingerprint density at radius 2 is 1.24 bits per heavy atom. The number of nitrogens with two attached hydrogens (primary N) is 3. The van der Waals surface area contributed by atoms with Gasteiger partial charge in [-0.25, -0.2) is 0 Å². The lowest BCUT2D eigenvalue weighted by molar-refractivity contribution is -0.136. The Morgan fingerprint density at radius 1 is 0.706 bits per heavy atom. The molecule has 0 saturated carbocycles. The number of morpholine rings is 1. The van der Waals surface area contributed by atoms with Crippen molar-refractivity contribution in [3.63, 3.8) is 0 Å². The first kappa shape index (κ1) is 67.0. The Labute approximate surface area is 505 Å². The molecule has 4 aromatic carbocycles. The Balaban J connectivity index is 1.36. The van der Waals surface area contributed by atoms with Gasteiger partial charge in [-0.15, -0.1) is 0 Å². The number of nitrogens with one attached hydrogen (secondary N) is 7. The Hall–Kier alpha value is -7.17. The summed E-state index contributed by atoms with van der Waals surface area (Å²) >= 11 is 6.10. The molecular formula is C58H76ClN11O13S2. The number of carbonyl (C=O) groups is 8. The van der Waals surface area contributed by atoms with Gasteiger partial charge in [0.1, 0.15) is 66.1 Å². The number of amides is 8. The molecular weight excluding hydrogens is 1160 g/mol. The highest BCUT2D eigenvalue weighted by Crippen LogP contribution is 2.25. The molecule has 8 amide bonds. The molecule has 0 spiro atoms. The number of benzene rings is 4. The van der Waals surface area contributed by atoms with Gasteiger partial charge in [0.15, 0.2) is 0 Å². The molecule has 0 radical (unpaired) electrons. The summed E-state index contributed by atoms with van der Waals surface area (Å²) in [5, 5.41) is 50.2. The molecule has 16 N–H and O–H groups in total. The van der Waals surface area contributed by atoms with E-state index in [-0.39, 0.29) is 61.7 Å². The molecule has 0 aliphatic carbocycles. The summed E-state index contributed by atoms with van der Waals surface area (Å²) in [7, 11) is 1.94. The number of ether oxygens (including phenoxy) is 2. The number of carbonyl (C=O) groups excluding carboxylic acids is 8. The minimum atomic E-state index is -1.74. The van der Waals surface area contributed by atoms with Crippen LogP contribution in [0.15, 0.2) is 97.1 Å². The second kappa shape index (κ2) is 34.1. The molecule has 85 heavy (non-hydrogen) atoms. The number of aliphatic hydroxyl groups is 1. The highest BCUT2D eigenvalue weighted by Gasteiger charge is 2.37. The third-order valence-electron chi connectivity index (χ3n) is 14.0. The SMILES string of the molecule is CC(O)C1NC(=O)[C@H](CCCCN)NC(=O)[C@@H](Cc2ccc(OCCN3CCOCC3)cc2)NC(=O)[C@H](Cc2ccc(O)cc2)NC(=O)[C@H](NC(=O)[C@@H](N)Cc2ccc(Cl)cc2)CSSC[C@@H](C(=O)N[C@H](Cc2ccc(O)cc2)C(N)=O)NC1=O. The van der Waals surface area contributed by atoms with Crippen molar-refractivity contribution in [1.82, 2.24) is 42.1 Å². The molecule has 24 nitrogen and oxygen atoms in total. The number of hydrogen-bond acceptors (Lipinski definition) is 18. The number of halogens is 1. The summed E-state index contributed by atoms with van der Waals surface area (Å²) in [6, 6.07) is 13.6. The first-order chi connectivity index (χ1) is 40.7. The van der Waals surface area contributed by atoms with Crippen LogP contribution in [0.2, 0.25) is 5.02 Å². The molecule has 2 fully saturated rings. The van der Waals surface area contributed by atoms with Crippen LogP contribution in [0.25, 0.3) is 0 Å². The third kappa shape index (κ3) is 22.3. The normalized spacial score (nSPS) is 21.7. The second-order valence-electron chi connectivity index (χ2n) is 20.7. The molecule has 2 aliphatic rings. The summed E-state index contributed by atoms with van der Waals surface area (Å²) in [5.41, 5.74) is 20.2. The molecule has 4 aromatic rings. The number of aromatic hydroxyl groups is 2. The number of phenolic OH excluding ortho intramolecular Hbond substituents is 2. The van der Waals surface area contributed by atoms with Gasteiger partial charge in [-0.05, 0) is 110 Å². The van der Waals surface area contributed by atoms with Gasteiger partial charge in [0.2, 0.25) is 47.3 Å². The third-order valence-corrected chi connectivity index (χ3v) is 16.7. The summed E-state index contributed by atoms with van der Waals surface area (Å²) in [6.07, 6.45) is -1.33. The topological polar surface area (TPSA) is 381 Å². The van der Waals surface area contributed by atoms with Crippen LogP contribution in [0, 0.1) is 0 Å². The van der Waals surface area contributed by atoms with Gasteiger partial charge in [-0.2, -0.15) is 0 Å². The maximum Gasteiger partial charge on any atom is 0.245 e. The van der Waals surface area contributed by atoms with Crippen LogP contribution in [0.1, 0.15) is 48.4 Å². The summed E-state index contributed by atoms with van der Waals surface area (Å²) in [6.45, 7) is 5.37. The zero-order chi connectivity index (χ0) is 61.4. The van der Waals surface area contributed by atoms with E-state index < -0.39 is 102 Å². The lowest BCUT2D eigenvalue weighted by atomic mass is 10.0. The summed E-state index contributed by atoms with van der Waals surface area (Å²) < 4.78 is 11.5. The number of nitrogens with zero attached hydrogens (tertiary/aromatic N) is 1. The summed E-state index contributed by atoms with van der Waals surface area (Å²) in [5.74, 6) is -7.22. The van der Waals surface area contributed by atoms with Gasteiger partial charge in [0, 0.05) is 55.4 Å². The van der Waals surface area contributed by atoms with E-state index in [9.17, 15) is 53.7 Å². The van der Waals surface area contributed by atoms with Crippen LogP contribution < -0.4 is 59.2 Å². The van der Waals surface area contributed by atoms with Crippen LogP contribution in [0.5, 0.6) is 17.2 Å². The predicted molar refractivity (Wildman–Crippen MR) is 322 cm³/mol. The number of aliphatic hydroxyl groups excluding tert-OH is 1. The highest BCUT2D eigenvalue weighted by atomic mass is 35.5. The molecule has 27 heteroatoms. The molecule has 460 valence electrons. The van der Waals surface area contributed by atoms with Crippen LogP contribution in [0.3, 0.4) is 0 Å². The number of phenols is 2. The molecule has 0 bridgehead atoms. The molecule has 2 aliphatic heterocycles. The zero-order valence-electron chi connectivity index (χ0n) is 47.0. The van der Waals surface area contributed by atoms with Gasteiger partial charge in [-0.3, -0.25) is 43.3 Å². The molecule has 9 atom stereocenters. The Kier molecular flexibility index (Phi) is 26.9. The summed E-state index contributed by atoms with van der Waals surface area (Å²) in [4.78, 5) is 117. The standard InChI is InChI=1S/C58H76ClN11O13S2/c1-34(71)50-58(81)68-49(56(79)64-45(51(62)74)29-36-7-15-40(72)16-8-36)33-85-84-32-48(67-52(75)43(61)28-35-5-13-39(59)14-6-35)57(80)66-47(30-37-9-17-41(73)18-10-37)55(78)65-46(54(77)63-44(53(76)69-50)4-2-3-21-60)31-38-11-19-42(20-12-38)83-27-24-70-22-25-82-26-23-70/h5-20,34,43-50,71-73H,2-4,21-33,60-61H2,1H3,(H2,62,74)(H,63,77)(H,64,79)(H,65,78)(H,66,80)(H,67,75)(H,68,81)(H,69,76)/t34?,43-,44-,45+,46+,47-,48+,49-,50?/m0/s1. The molecule has 6 rings (SSSR count). The fraction of sp³-hybridized carbons (Fsp3) is 0.448. The first-order valence-corrected chi connectivity index (χ1v) is 30.7. The second-order valence-corrected chi connectivity index (χ2v) is 23.7. The number of unbranched alkanes of at least 4 members (excludes halogenated alkanes) is 1. The van der Waals surface area contributed by atoms with Crippen molar-refractivity contribution in [1.29, 1.82) is 0 Å². The van der Waals surface area contributed by atoms with Crippen molar-refractivity contribution < 1.29 is 63.1 Å². The minimum Gasteiger partial charge on any atom is -0.508 e. The fourth-order valence-electron chi connectivity index (χ4n) is 9.07. The molecule has 2 saturated heterocycles. The zero-order valence-corrected chi connectivity index (χ0v) is 49.4. The van der Waals surface area contributed by atoms with E-state index in [1.54, 1.807) is 48.5 Å². The fourth-order valence-corrected chi connectivity index (χ4v) is 11.5. The van der Waals surface area contributed by atoms with E-state index in [1.165, 1.54) is 55.5 Å². The van der Waals surface area contributed by atoms with Crippen molar-refractivity contribution in [3.05, 3.63) is 124 Å².